The number of likely N-dealkylation sites (tertiary alicyclic amines) is 1. The Morgan fingerprint density at radius 2 is 2.08 bits per heavy atom. The topological polar surface area (TPSA) is 92.9 Å². The SMILES string of the molecule is COCCN(C(=O)CN1CCC(N)C(C)(C)C1)C1CCS(=O)(=O)C1. The van der Waals surface area contributed by atoms with Crippen LogP contribution in [0.3, 0.4) is 0 Å². The lowest BCUT2D eigenvalue weighted by Gasteiger charge is -2.43. The average molecular weight is 362 g/mol. The third-order valence-corrected chi connectivity index (χ3v) is 7.01. The summed E-state index contributed by atoms with van der Waals surface area (Å²) >= 11 is 0. The fourth-order valence-electron chi connectivity index (χ4n) is 3.62. The summed E-state index contributed by atoms with van der Waals surface area (Å²) in [6, 6.07) is -0.0777. The van der Waals surface area contributed by atoms with Crippen LogP contribution in [-0.2, 0) is 19.4 Å². The van der Waals surface area contributed by atoms with Crippen molar-refractivity contribution in [3.05, 3.63) is 0 Å². The summed E-state index contributed by atoms with van der Waals surface area (Å²) < 4.78 is 28.6. The van der Waals surface area contributed by atoms with E-state index in [1.807, 2.05) is 0 Å². The van der Waals surface area contributed by atoms with Crippen LogP contribution in [0.1, 0.15) is 26.7 Å². The van der Waals surface area contributed by atoms with E-state index in [-0.39, 0.29) is 34.9 Å². The molecule has 0 saturated carbocycles. The Hall–Kier alpha value is -0.700. The summed E-state index contributed by atoms with van der Waals surface area (Å²) in [7, 11) is -1.44. The first-order valence-corrected chi connectivity index (χ1v) is 10.4. The van der Waals surface area contributed by atoms with Gasteiger partial charge in [0.05, 0.1) is 24.7 Å². The van der Waals surface area contributed by atoms with E-state index in [0.717, 1.165) is 19.5 Å². The number of nitrogens with zero attached hydrogens (tertiary/aromatic N) is 2. The first-order valence-electron chi connectivity index (χ1n) is 8.61. The van der Waals surface area contributed by atoms with Crippen LogP contribution in [0.5, 0.6) is 0 Å². The van der Waals surface area contributed by atoms with Gasteiger partial charge in [-0.25, -0.2) is 8.42 Å². The van der Waals surface area contributed by atoms with Crippen LogP contribution in [0.15, 0.2) is 0 Å². The maximum absolute atomic E-state index is 12.8. The van der Waals surface area contributed by atoms with Crippen molar-refractivity contribution in [2.45, 2.75) is 38.8 Å². The fraction of sp³-hybridized carbons (Fsp3) is 0.938. The van der Waals surface area contributed by atoms with Crippen molar-refractivity contribution < 1.29 is 17.9 Å². The van der Waals surface area contributed by atoms with Crippen LogP contribution < -0.4 is 5.73 Å². The molecule has 0 radical (unpaired) electrons. The first kappa shape index (κ1) is 19.6. The van der Waals surface area contributed by atoms with Gasteiger partial charge in [0, 0.05) is 38.8 Å². The quantitative estimate of drug-likeness (QED) is 0.699. The van der Waals surface area contributed by atoms with Crippen LogP contribution >= 0.6 is 0 Å². The van der Waals surface area contributed by atoms with E-state index in [2.05, 4.69) is 18.7 Å². The minimum absolute atomic E-state index is 0.0135. The lowest BCUT2D eigenvalue weighted by atomic mass is 9.80. The zero-order valence-corrected chi connectivity index (χ0v) is 15.8. The molecule has 0 aromatic rings. The molecule has 0 aromatic carbocycles. The Morgan fingerprint density at radius 1 is 1.38 bits per heavy atom. The predicted octanol–water partition coefficient (Wildman–Crippen LogP) is -0.292. The van der Waals surface area contributed by atoms with Gasteiger partial charge in [-0.2, -0.15) is 0 Å². The zero-order valence-electron chi connectivity index (χ0n) is 15.0. The summed E-state index contributed by atoms with van der Waals surface area (Å²) in [5.41, 5.74) is 6.13. The molecule has 0 spiro atoms. The third-order valence-electron chi connectivity index (χ3n) is 5.26. The first-order chi connectivity index (χ1) is 11.1. The summed E-state index contributed by atoms with van der Waals surface area (Å²) in [6.45, 7) is 7.00. The number of hydrogen-bond acceptors (Lipinski definition) is 6. The number of amides is 1. The summed E-state index contributed by atoms with van der Waals surface area (Å²) in [5.74, 6) is 0.221. The standard InChI is InChI=1S/C16H31N3O4S/c1-16(2)12-18(6-4-14(16)17)10-15(20)19(7-8-23-3)13-5-9-24(21,22)11-13/h13-14H,4-12,17H2,1-3H3. The molecule has 2 rings (SSSR count). The van der Waals surface area contributed by atoms with Gasteiger partial charge in [-0.15, -0.1) is 0 Å². The molecule has 8 heteroatoms. The Balaban J connectivity index is 2.00. The highest BCUT2D eigenvalue weighted by atomic mass is 32.2. The Kier molecular flexibility index (Phi) is 6.28. The van der Waals surface area contributed by atoms with Crippen molar-refractivity contribution in [1.29, 1.82) is 0 Å². The minimum atomic E-state index is -3.02. The van der Waals surface area contributed by atoms with Crippen LogP contribution in [0, 0.1) is 5.41 Å². The van der Waals surface area contributed by atoms with Gasteiger partial charge >= 0.3 is 0 Å². The molecule has 2 fully saturated rings. The second-order valence-electron chi connectivity index (χ2n) is 7.73. The Bertz CT molecular complexity index is 550. The van der Waals surface area contributed by atoms with Crippen LogP contribution in [0.4, 0.5) is 0 Å². The molecule has 0 aromatic heterocycles. The Labute approximate surface area is 145 Å². The summed E-state index contributed by atoms with van der Waals surface area (Å²) in [4.78, 5) is 16.6. The van der Waals surface area contributed by atoms with Gasteiger partial charge < -0.3 is 15.4 Å². The number of hydrogen-bond donors (Lipinski definition) is 1. The molecule has 24 heavy (non-hydrogen) atoms. The van der Waals surface area contributed by atoms with E-state index in [1.165, 1.54) is 0 Å². The molecule has 2 N–H and O–H groups in total. The Morgan fingerprint density at radius 3 is 2.62 bits per heavy atom. The minimum Gasteiger partial charge on any atom is -0.383 e. The van der Waals surface area contributed by atoms with Crippen LogP contribution in [-0.4, -0.2) is 87.6 Å². The molecule has 2 aliphatic rings. The predicted molar refractivity (Wildman–Crippen MR) is 93.5 cm³/mol. The number of ether oxygens (including phenoxy) is 1. The van der Waals surface area contributed by atoms with Gasteiger partial charge in [0.15, 0.2) is 9.84 Å². The second kappa shape index (κ2) is 7.68. The van der Waals surface area contributed by atoms with Crippen LogP contribution in [0.2, 0.25) is 0 Å². The highest BCUT2D eigenvalue weighted by Gasteiger charge is 2.37. The molecule has 0 bridgehead atoms. The van der Waals surface area contributed by atoms with Crippen molar-refractivity contribution in [3.8, 4) is 0 Å². The van der Waals surface area contributed by atoms with Gasteiger partial charge in [-0.05, 0) is 18.3 Å². The lowest BCUT2D eigenvalue weighted by molar-refractivity contribution is -0.135. The van der Waals surface area contributed by atoms with E-state index >= 15 is 0 Å². The molecule has 2 aliphatic heterocycles. The van der Waals surface area contributed by atoms with E-state index in [1.54, 1.807) is 12.0 Å². The number of nitrogens with two attached hydrogens (primary N) is 1. The van der Waals surface area contributed by atoms with E-state index in [9.17, 15) is 13.2 Å². The van der Waals surface area contributed by atoms with Gasteiger partial charge in [-0.3, -0.25) is 9.69 Å². The van der Waals surface area contributed by atoms with E-state index in [0.29, 0.717) is 26.1 Å². The molecule has 7 nitrogen and oxygen atoms in total. The van der Waals surface area contributed by atoms with Crippen molar-refractivity contribution >= 4 is 15.7 Å². The molecule has 2 unspecified atom stereocenters. The summed E-state index contributed by atoms with van der Waals surface area (Å²) in [5, 5.41) is 0. The van der Waals surface area contributed by atoms with Crippen molar-refractivity contribution in [1.82, 2.24) is 9.80 Å². The highest BCUT2D eigenvalue weighted by molar-refractivity contribution is 7.91. The van der Waals surface area contributed by atoms with E-state index in [4.69, 9.17) is 10.5 Å². The molecule has 2 heterocycles. The number of rotatable bonds is 6. The molecule has 0 aliphatic carbocycles. The van der Waals surface area contributed by atoms with Crippen LogP contribution in [0.25, 0.3) is 0 Å². The van der Waals surface area contributed by atoms with Gasteiger partial charge in [0.25, 0.3) is 0 Å². The number of carbonyl (C=O) groups excluding carboxylic acids is 1. The fourth-order valence-corrected chi connectivity index (χ4v) is 5.35. The number of methoxy groups -OCH3 is 1. The lowest BCUT2D eigenvalue weighted by Crippen LogP contribution is -2.55. The number of sulfone groups is 1. The zero-order chi connectivity index (χ0) is 18.0. The highest BCUT2D eigenvalue weighted by Crippen LogP contribution is 2.27. The maximum atomic E-state index is 12.8. The number of piperidine rings is 1. The van der Waals surface area contributed by atoms with Gasteiger partial charge in [-0.1, -0.05) is 13.8 Å². The monoisotopic (exact) mass is 361 g/mol. The second-order valence-corrected chi connectivity index (χ2v) is 9.96. The molecule has 2 saturated heterocycles. The summed E-state index contributed by atoms with van der Waals surface area (Å²) in [6.07, 6.45) is 1.39. The normalized spacial score (nSPS) is 29.5. The van der Waals surface area contributed by atoms with Crippen molar-refractivity contribution in [2.24, 2.45) is 11.1 Å². The number of carbonyl (C=O) groups is 1. The smallest absolute Gasteiger partial charge is 0.237 e. The largest absolute Gasteiger partial charge is 0.383 e. The van der Waals surface area contributed by atoms with Gasteiger partial charge in [0.2, 0.25) is 5.91 Å². The van der Waals surface area contributed by atoms with Gasteiger partial charge in [0.1, 0.15) is 0 Å². The van der Waals surface area contributed by atoms with Crippen molar-refractivity contribution in [3.63, 3.8) is 0 Å². The van der Waals surface area contributed by atoms with E-state index < -0.39 is 9.84 Å². The average Bonchev–Trinajstić information content (AvgIpc) is 2.83. The van der Waals surface area contributed by atoms with Crippen molar-refractivity contribution in [2.75, 3.05) is 51.4 Å². The molecule has 140 valence electrons. The maximum Gasteiger partial charge on any atom is 0.237 e. The molecule has 2 atom stereocenters. The molecular formula is C16H31N3O4S. The third kappa shape index (κ3) is 4.91. The molecular weight excluding hydrogens is 330 g/mol. The molecule has 1 amide bonds.